The molecule has 0 saturated heterocycles. The highest BCUT2D eigenvalue weighted by Gasteiger charge is 2.15. The number of nitrogens with one attached hydrogen (secondary N) is 1. The van der Waals surface area contributed by atoms with Gasteiger partial charge in [-0.15, -0.1) is 0 Å². The van der Waals surface area contributed by atoms with E-state index in [2.05, 4.69) is 5.32 Å². The maximum Gasteiger partial charge on any atom is 0.179 e. The summed E-state index contributed by atoms with van der Waals surface area (Å²) >= 11 is 0. The monoisotopic (exact) mass is 243 g/mol. The number of carbonyl (C=O) groups is 1. The van der Waals surface area contributed by atoms with Crippen LogP contribution < -0.4 is 5.32 Å². The van der Waals surface area contributed by atoms with Crippen LogP contribution >= 0.6 is 0 Å². The topological polar surface area (TPSA) is 83.5 Å². The van der Waals surface area contributed by atoms with Gasteiger partial charge in [-0.1, -0.05) is 0 Å². The van der Waals surface area contributed by atoms with Crippen molar-refractivity contribution in [1.29, 1.82) is 0 Å². The highest BCUT2D eigenvalue weighted by atomic mass is 32.2. The molecule has 0 unspecified atom stereocenters. The zero-order valence-electron chi connectivity index (χ0n) is 9.02. The fourth-order valence-electron chi connectivity index (χ4n) is 1.27. The van der Waals surface area contributed by atoms with E-state index in [1.54, 1.807) is 7.05 Å². The van der Waals surface area contributed by atoms with Crippen molar-refractivity contribution in [2.75, 3.05) is 19.8 Å². The first-order chi connectivity index (χ1) is 7.36. The minimum absolute atomic E-state index is 0.137. The van der Waals surface area contributed by atoms with Crippen LogP contribution in [-0.2, 0) is 9.84 Å². The summed E-state index contributed by atoms with van der Waals surface area (Å²) in [4.78, 5) is 11.3. The van der Waals surface area contributed by atoms with Crippen molar-refractivity contribution in [3.05, 3.63) is 23.8 Å². The van der Waals surface area contributed by atoms with Gasteiger partial charge in [0.05, 0.1) is 6.54 Å². The lowest BCUT2D eigenvalue weighted by molar-refractivity contribution is 0.0993. The van der Waals surface area contributed by atoms with Gasteiger partial charge in [-0.05, 0) is 25.2 Å². The van der Waals surface area contributed by atoms with Crippen molar-refractivity contribution in [3.63, 3.8) is 0 Å². The third-order valence-electron chi connectivity index (χ3n) is 2.02. The number of hydrogen-bond donors (Lipinski definition) is 2. The second-order valence-corrected chi connectivity index (χ2v) is 5.39. The Morgan fingerprint density at radius 3 is 2.50 bits per heavy atom. The summed E-state index contributed by atoms with van der Waals surface area (Å²) in [5.74, 6) is -0.609. The minimum Gasteiger partial charge on any atom is -0.507 e. The molecule has 0 amide bonds. The first kappa shape index (κ1) is 12.7. The third kappa shape index (κ3) is 2.80. The Bertz CT molecular complexity index is 508. The van der Waals surface area contributed by atoms with E-state index < -0.39 is 15.6 Å². The van der Waals surface area contributed by atoms with Crippen LogP contribution in [0.2, 0.25) is 0 Å². The molecule has 0 spiro atoms. The molecule has 0 aliphatic carbocycles. The number of rotatable bonds is 4. The van der Waals surface area contributed by atoms with Crippen LogP contribution in [0.25, 0.3) is 0 Å². The average molecular weight is 243 g/mol. The number of ketones is 1. The fraction of sp³-hybridized carbons (Fsp3) is 0.300. The number of Topliss-reactive ketones (excluding diaryl/α,β-unsaturated/α-hetero) is 1. The van der Waals surface area contributed by atoms with Crippen molar-refractivity contribution in [2.24, 2.45) is 0 Å². The van der Waals surface area contributed by atoms with Crippen molar-refractivity contribution < 1.29 is 18.3 Å². The number of hydrogen-bond acceptors (Lipinski definition) is 5. The number of sulfone groups is 1. The van der Waals surface area contributed by atoms with Crippen LogP contribution in [0.4, 0.5) is 0 Å². The van der Waals surface area contributed by atoms with E-state index in [4.69, 9.17) is 0 Å². The molecule has 0 atom stereocenters. The molecule has 5 nitrogen and oxygen atoms in total. The average Bonchev–Trinajstić information content (AvgIpc) is 2.16. The number of likely N-dealkylation sites (N-methyl/N-ethyl adjacent to an activating group) is 1. The molecule has 1 aromatic rings. The maximum absolute atomic E-state index is 11.4. The van der Waals surface area contributed by atoms with E-state index in [9.17, 15) is 18.3 Å². The van der Waals surface area contributed by atoms with E-state index in [0.717, 1.165) is 12.3 Å². The summed E-state index contributed by atoms with van der Waals surface area (Å²) in [5, 5.41) is 12.2. The summed E-state index contributed by atoms with van der Waals surface area (Å²) in [6.45, 7) is 0.137. The lowest BCUT2D eigenvalue weighted by Crippen LogP contribution is -2.18. The molecule has 0 aliphatic heterocycles. The first-order valence-electron chi connectivity index (χ1n) is 4.57. The predicted octanol–water partition coefficient (Wildman–Crippen LogP) is 0.198. The molecule has 88 valence electrons. The number of carbonyl (C=O) groups excluding carboxylic acids is 1. The smallest absolute Gasteiger partial charge is 0.179 e. The van der Waals surface area contributed by atoms with Crippen LogP contribution in [0.15, 0.2) is 23.1 Å². The Labute approximate surface area is 94.0 Å². The zero-order valence-corrected chi connectivity index (χ0v) is 9.84. The van der Waals surface area contributed by atoms with Gasteiger partial charge in [0, 0.05) is 11.8 Å². The quantitative estimate of drug-likeness (QED) is 0.738. The van der Waals surface area contributed by atoms with Gasteiger partial charge < -0.3 is 10.4 Å². The molecule has 0 fully saturated rings. The molecule has 1 rings (SSSR count). The predicted molar refractivity (Wildman–Crippen MR) is 59.5 cm³/mol. The van der Waals surface area contributed by atoms with Gasteiger partial charge >= 0.3 is 0 Å². The molecule has 0 heterocycles. The SMILES string of the molecule is CNCC(=O)c1ccc(S(C)(=O)=O)c(O)c1. The highest BCUT2D eigenvalue weighted by Crippen LogP contribution is 2.23. The molecule has 0 radical (unpaired) electrons. The number of phenolic OH excluding ortho intramolecular Hbond substituents is 1. The lowest BCUT2D eigenvalue weighted by atomic mass is 10.1. The fourth-order valence-corrected chi connectivity index (χ4v) is 2.02. The van der Waals surface area contributed by atoms with Crippen LogP contribution in [0.5, 0.6) is 5.75 Å². The molecule has 0 bridgehead atoms. The van der Waals surface area contributed by atoms with Crippen LogP contribution in [0, 0.1) is 0 Å². The van der Waals surface area contributed by atoms with Gasteiger partial charge in [-0.2, -0.15) is 0 Å². The van der Waals surface area contributed by atoms with Gasteiger partial charge in [-0.3, -0.25) is 4.79 Å². The van der Waals surface area contributed by atoms with Gasteiger partial charge in [0.25, 0.3) is 0 Å². The van der Waals surface area contributed by atoms with Gasteiger partial charge in [0.2, 0.25) is 0 Å². The summed E-state index contributed by atoms with van der Waals surface area (Å²) < 4.78 is 22.4. The zero-order chi connectivity index (χ0) is 12.3. The van der Waals surface area contributed by atoms with E-state index >= 15 is 0 Å². The van der Waals surface area contributed by atoms with E-state index in [1.807, 2.05) is 0 Å². The first-order valence-corrected chi connectivity index (χ1v) is 6.46. The lowest BCUT2D eigenvalue weighted by Gasteiger charge is -2.05. The molecule has 16 heavy (non-hydrogen) atoms. The van der Waals surface area contributed by atoms with Crippen molar-refractivity contribution in [1.82, 2.24) is 5.32 Å². The summed E-state index contributed by atoms with van der Waals surface area (Å²) in [6.07, 6.45) is 0.997. The second-order valence-electron chi connectivity index (χ2n) is 3.41. The number of phenols is 1. The maximum atomic E-state index is 11.4. The van der Waals surface area contributed by atoms with Crippen molar-refractivity contribution in [2.45, 2.75) is 4.90 Å². The van der Waals surface area contributed by atoms with Crippen molar-refractivity contribution in [3.8, 4) is 5.75 Å². The highest BCUT2D eigenvalue weighted by molar-refractivity contribution is 7.90. The molecule has 0 saturated carbocycles. The molecule has 0 aromatic heterocycles. The Morgan fingerprint density at radius 1 is 1.44 bits per heavy atom. The van der Waals surface area contributed by atoms with E-state index in [1.165, 1.54) is 12.1 Å². The summed E-state index contributed by atoms with van der Waals surface area (Å²) in [6, 6.07) is 3.78. The molecule has 1 aromatic carbocycles. The van der Waals surface area contributed by atoms with Crippen LogP contribution in [-0.4, -0.2) is 39.2 Å². The Kier molecular flexibility index (Phi) is 3.66. The van der Waals surface area contributed by atoms with Crippen LogP contribution in [0.1, 0.15) is 10.4 Å². The van der Waals surface area contributed by atoms with Crippen LogP contribution in [0.3, 0.4) is 0 Å². The summed E-state index contributed by atoms with van der Waals surface area (Å²) in [5.41, 5.74) is 0.277. The Morgan fingerprint density at radius 2 is 2.06 bits per heavy atom. The number of benzene rings is 1. The standard InChI is InChI=1S/C10H13NO4S/c1-11-6-9(13)7-3-4-10(8(12)5-7)16(2,14)15/h3-5,11-12H,6H2,1-2H3. The molecular formula is C10H13NO4S. The molecule has 2 N–H and O–H groups in total. The Balaban J connectivity index is 3.14. The second kappa shape index (κ2) is 4.63. The van der Waals surface area contributed by atoms with Gasteiger partial charge in [-0.25, -0.2) is 8.42 Å². The number of aromatic hydroxyl groups is 1. The van der Waals surface area contributed by atoms with Gasteiger partial charge in [0.15, 0.2) is 15.6 Å². The van der Waals surface area contributed by atoms with Crippen molar-refractivity contribution >= 4 is 15.6 Å². The molecule has 0 aliphatic rings. The molecular weight excluding hydrogens is 230 g/mol. The van der Waals surface area contributed by atoms with E-state index in [-0.39, 0.29) is 22.8 Å². The van der Waals surface area contributed by atoms with E-state index in [0.29, 0.717) is 0 Å². The minimum atomic E-state index is -3.47. The normalized spacial score (nSPS) is 11.4. The van der Waals surface area contributed by atoms with Gasteiger partial charge in [0.1, 0.15) is 10.6 Å². The third-order valence-corrected chi connectivity index (χ3v) is 3.16. The Hall–Kier alpha value is -1.40. The largest absolute Gasteiger partial charge is 0.507 e. The molecule has 6 heteroatoms. The summed E-state index contributed by atoms with van der Waals surface area (Å²) in [7, 11) is -1.84.